The second-order valence-corrected chi connectivity index (χ2v) is 5.16. The molecule has 1 aliphatic rings. The van der Waals surface area contributed by atoms with Gasteiger partial charge < -0.3 is 15.1 Å². The van der Waals surface area contributed by atoms with Gasteiger partial charge in [0.1, 0.15) is 11.6 Å². The molecule has 110 valence electrons. The highest BCUT2D eigenvalue weighted by atomic mass is 16.6. The molecule has 0 saturated carbocycles. The minimum atomic E-state index is -0.368. The second-order valence-electron chi connectivity index (χ2n) is 5.16. The highest BCUT2D eigenvalue weighted by Crippen LogP contribution is 2.25. The summed E-state index contributed by atoms with van der Waals surface area (Å²) in [4.78, 5) is 19.6. The van der Waals surface area contributed by atoms with Gasteiger partial charge in [0.15, 0.2) is 0 Å². The lowest BCUT2D eigenvalue weighted by Crippen LogP contribution is -2.50. The summed E-state index contributed by atoms with van der Waals surface area (Å²) in [6.45, 7) is 7.44. The van der Waals surface area contributed by atoms with Gasteiger partial charge in [-0.2, -0.15) is 0 Å². The van der Waals surface area contributed by atoms with Gasteiger partial charge in [0.2, 0.25) is 0 Å². The van der Waals surface area contributed by atoms with E-state index in [1.54, 1.807) is 6.07 Å². The minimum absolute atomic E-state index is 0.0806. The van der Waals surface area contributed by atoms with E-state index in [1.165, 1.54) is 6.07 Å². The normalized spacial score (nSPS) is 19.9. The van der Waals surface area contributed by atoms with Crippen molar-refractivity contribution in [1.29, 1.82) is 0 Å². The summed E-state index contributed by atoms with van der Waals surface area (Å²) in [5.74, 6) is 1.23. The maximum absolute atomic E-state index is 11.0. The molecule has 1 aromatic rings. The Morgan fingerprint density at radius 1 is 1.50 bits per heavy atom. The summed E-state index contributed by atoms with van der Waals surface area (Å²) < 4.78 is 0. The van der Waals surface area contributed by atoms with E-state index in [0.717, 1.165) is 19.6 Å². The molecule has 1 aromatic heterocycles. The van der Waals surface area contributed by atoms with Crippen LogP contribution in [0.25, 0.3) is 0 Å². The van der Waals surface area contributed by atoms with Gasteiger partial charge in [0.05, 0.1) is 17.1 Å². The maximum atomic E-state index is 11.0. The van der Waals surface area contributed by atoms with Crippen LogP contribution in [0.1, 0.15) is 13.8 Å². The van der Waals surface area contributed by atoms with E-state index in [4.69, 9.17) is 0 Å². The number of hydrogen-bond acceptors (Lipinski definition) is 6. The Labute approximate surface area is 118 Å². The molecule has 20 heavy (non-hydrogen) atoms. The lowest BCUT2D eigenvalue weighted by molar-refractivity contribution is -0.384. The molecule has 0 aromatic carbocycles. The van der Waals surface area contributed by atoms with E-state index < -0.39 is 0 Å². The first-order chi connectivity index (χ1) is 9.51. The van der Waals surface area contributed by atoms with Gasteiger partial charge in [0, 0.05) is 32.2 Å². The number of piperazine rings is 1. The van der Waals surface area contributed by atoms with E-state index in [9.17, 15) is 10.1 Å². The molecule has 1 aliphatic heterocycles. The van der Waals surface area contributed by atoms with Crippen molar-refractivity contribution in [3.05, 3.63) is 22.2 Å². The fourth-order valence-electron chi connectivity index (χ4n) is 2.51. The first-order valence-electron chi connectivity index (χ1n) is 6.86. The summed E-state index contributed by atoms with van der Waals surface area (Å²) in [7, 11) is 2.08. The van der Waals surface area contributed by atoms with Gasteiger partial charge in [0.25, 0.3) is 5.69 Å². The molecule has 1 fully saturated rings. The predicted octanol–water partition coefficient (Wildman–Crippen LogP) is 1.56. The number of pyridine rings is 1. The van der Waals surface area contributed by atoms with Gasteiger partial charge >= 0.3 is 0 Å². The quantitative estimate of drug-likeness (QED) is 0.666. The summed E-state index contributed by atoms with van der Waals surface area (Å²) in [6, 6.07) is 3.33. The van der Waals surface area contributed by atoms with Crippen molar-refractivity contribution in [1.82, 2.24) is 9.88 Å². The van der Waals surface area contributed by atoms with E-state index in [0.29, 0.717) is 18.2 Å². The maximum Gasteiger partial charge on any atom is 0.276 e. The number of likely N-dealkylation sites (N-methyl/N-ethyl adjacent to an activating group) is 1. The third kappa shape index (κ3) is 3.16. The monoisotopic (exact) mass is 279 g/mol. The van der Waals surface area contributed by atoms with E-state index in [1.807, 2.05) is 6.92 Å². The summed E-state index contributed by atoms with van der Waals surface area (Å²) in [5.41, 5.74) is 0.0806. The second kappa shape index (κ2) is 6.04. The first kappa shape index (κ1) is 14.5. The smallest absolute Gasteiger partial charge is 0.276 e. The molecule has 1 saturated heterocycles. The Morgan fingerprint density at radius 2 is 2.25 bits per heavy atom. The number of anilines is 2. The number of aromatic nitrogens is 1. The number of rotatable bonds is 4. The van der Waals surface area contributed by atoms with Gasteiger partial charge in [-0.3, -0.25) is 10.1 Å². The minimum Gasteiger partial charge on any atom is -0.370 e. The average molecular weight is 279 g/mol. The molecule has 0 radical (unpaired) electrons. The van der Waals surface area contributed by atoms with E-state index in [-0.39, 0.29) is 16.7 Å². The van der Waals surface area contributed by atoms with Crippen LogP contribution in [0.4, 0.5) is 17.3 Å². The van der Waals surface area contributed by atoms with Crippen LogP contribution in [-0.4, -0.2) is 54.1 Å². The number of hydrogen-bond donors (Lipinski definition) is 1. The zero-order valence-electron chi connectivity index (χ0n) is 12.2. The Hall–Kier alpha value is -1.89. The molecule has 7 nitrogen and oxygen atoms in total. The number of nitrogens with one attached hydrogen (secondary N) is 1. The van der Waals surface area contributed by atoms with Crippen molar-refractivity contribution >= 4 is 17.3 Å². The first-order valence-corrected chi connectivity index (χ1v) is 6.86. The Kier molecular flexibility index (Phi) is 4.39. The van der Waals surface area contributed by atoms with E-state index >= 15 is 0 Å². The standard InChI is InChI=1S/C13H21N5O2/c1-4-14-12-7-11(18(19)20)8-13(15-12)17-6-5-16(3)9-10(17)2/h7-8,10H,4-6,9H2,1-3H3,(H,14,15). The Morgan fingerprint density at radius 3 is 2.85 bits per heavy atom. The van der Waals surface area contributed by atoms with Crippen molar-refractivity contribution in [2.24, 2.45) is 0 Å². The van der Waals surface area contributed by atoms with Crippen LogP contribution in [0.15, 0.2) is 12.1 Å². The molecule has 1 atom stereocenters. The van der Waals surface area contributed by atoms with Crippen LogP contribution in [-0.2, 0) is 0 Å². The van der Waals surface area contributed by atoms with Crippen molar-refractivity contribution in [2.45, 2.75) is 19.9 Å². The molecule has 1 unspecified atom stereocenters. The summed E-state index contributed by atoms with van der Waals surface area (Å²) in [6.07, 6.45) is 0. The van der Waals surface area contributed by atoms with Crippen LogP contribution in [0.2, 0.25) is 0 Å². The van der Waals surface area contributed by atoms with Crippen molar-refractivity contribution in [3.8, 4) is 0 Å². The average Bonchev–Trinajstić information content (AvgIpc) is 2.38. The van der Waals surface area contributed by atoms with Gasteiger partial charge in [-0.25, -0.2) is 4.98 Å². The molecule has 7 heteroatoms. The third-order valence-corrected chi connectivity index (χ3v) is 3.49. The van der Waals surface area contributed by atoms with Crippen LogP contribution >= 0.6 is 0 Å². The highest BCUT2D eigenvalue weighted by Gasteiger charge is 2.24. The Balaban J connectivity index is 2.32. The Bertz CT molecular complexity index is 494. The molecule has 1 N–H and O–H groups in total. The molecule has 2 heterocycles. The van der Waals surface area contributed by atoms with Crippen LogP contribution in [0.3, 0.4) is 0 Å². The van der Waals surface area contributed by atoms with Crippen LogP contribution in [0.5, 0.6) is 0 Å². The molecule has 0 spiro atoms. The zero-order chi connectivity index (χ0) is 14.7. The highest BCUT2D eigenvalue weighted by molar-refractivity contribution is 5.56. The summed E-state index contributed by atoms with van der Waals surface area (Å²) >= 11 is 0. The zero-order valence-corrected chi connectivity index (χ0v) is 12.2. The number of nitrogens with zero attached hydrogens (tertiary/aromatic N) is 4. The topological polar surface area (TPSA) is 74.5 Å². The number of nitro groups is 1. The molecular formula is C13H21N5O2. The molecule has 0 bridgehead atoms. The SMILES string of the molecule is CCNc1cc([N+](=O)[O-])cc(N2CCN(C)CC2C)n1. The molecule has 2 rings (SSSR count). The molecule has 0 aliphatic carbocycles. The van der Waals surface area contributed by atoms with Gasteiger partial charge in [-0.1, -0.05) is 0 Å². The van der Waals surface area contributed by atoms with Crippen LogP contribution in [0, 0.1) is 10.1 Å². The molecular weight excluding hydrogens is 258 g/mol. The van der Waals surface area contributed by atoms with Gasteiger partial charge in [-0.15, -0.1) is 0 Å². The summed E-state index contributed by atoms with van der Waals surface area (Å²) in [5, 5.41) is 14.1. The van der Waals surface area contributed by atoms with Gasteiger partial charge in [-0.05, 0) is 20.9 Å². The van der Waals surface area contributed by atoms with Crippen molar-refractivity contribution in [3.63, 3.8) is 0 Å². The lowest BCUT2D eigenvalue weighted by Gasteiger charge is -2.39. The third-order valence-electron chi connectivity index (χ3n) is 3.49. The fraction of sp³-hybridized carbons (Fsp3) is 0.615. The van der Waals surface area contributed by atoms with Crippen LogP contribution < -0.4 is 10.2 Å². The van der Waals surface area contributed by atoms with E-state index in [2.05, 4.69) is 34.1 Å². The van der Waals surface area contributed by atoms with Crippen molar-refractivity contribution in [2.75, 3.05) is 43.4 Å². The lowest BCUT2D eigenvalue weighted by atomic mass is 10.2. The predicted molar refractivity (Wildman–Crippen MR) is 79.4 cm³/mol. The molecule has 0 amide bonds. The van der Waals surface area contributed by atoms with Crippen molar-refractivity contribution < 1.29 is 4.92 Å². The largest absolute Gasteiger partial charge is 0.370 e. The fourth-order valence-corrected chi connectivity index (χ4v) is 2.51.